The number of carbonyl (C=O) groups is 1. The number of carbonyl (C=O) groups excluding carboxylic acids is 1. The zero-order valence-electron chi connectivity index (χ0n) is 17.2. The van der Waals surface area contributed by atoms with Crippen LogP contribution in [0.15, 0.2) is 82.2 Å². The normalized spacial score (nSPS) is 11.1. The molecule has 31 heavy (non-hydrogen) atoms. The molecule has 8 heteroatoms. The van der Waals surface area contributed by atoms with E-state index in [2.05, 4.69) is 21.2 Å². The van der Waals surface area contributed by atoms with Crippen LogP contribution in [-0.2, 0) is 14.8 Å². The van der Waals surface area contributed by atoms with Gasteiger partial charge in [0, 0.05) is 16.7 Å². The highest BCUT2D eigenvalue weighted by Gasteiger charge is 2.23. The molecule has 0 radical (unpaired) electrons. The number of benzene rings is 3. The minimum Gasteiger partial charge on any atom is -0.484 e. The van der Waals surface area contributed by atoms with E-state index in [4.69, 9.17) is 4.74 Å². The van der Waals surface area contributed by atoms with Crippen LogP contribution >= 0.6 is 15.9 Å². The van der Waals surface area contributed by atoms with Gasteiger partial charge in [-0.2, -0.15) is 0 Å². The standard InChI is InChI=1S/C23H23BrN2O4S/c1-3-26(31(28,29)22-13-7-17(2)8-14-22)20-9-11-21(12-10-20)30-16-23(27)25-19-6-4-5-18(24)15-19/h4-15H,3,16H2,1-2H3,(H,25,27). The summed E-state index contributed by atoms with van der Waals surface area (Å²) in [6.45, 7) is 3.81. The van der Waals surface area contributed by atoms with Crippen LogP contribution in [0.4, 0.5) is 11.4 Å². The van der Waals surface area contributed by atoms with Crippen molar-refractivity contribution in [2.45, 2.75) is 18.7 Å². The molecule has 0 aliphatic rings. The van der Waals surface area contributed by atoms with Gasteiger partial charge < -0.3 is 10.1 Å². The van der Waals surface area contributed by atoms with Crippen LogP contribution < -0.4 is 14.4 Å². The van der Waals surface area contributed by atoms with E-state index in [9.17, 15) is 13.2 Å². The van der Waals surface area contributed by atoms with Crippen LogP contribution in [0.1, 0.15) is 12.5 Å². The van der Waals surface area contributed by atoms with Crippen molar-refractivity contribution in [3.05, 3.63) is 82.8 Å². The van der Waals surface area contributed by atoms with E-state index in [-0.39, 0.29) is 24.0 Å². The molecule has 0 fully saturated rings. The van der Waals surface area contributed by atoms with Crippen molar-refractivity contribution in [3.8, 4) is 5.75 Å². The van der Waals surface area contributed by atoms with Gasteiger partial charge in [-0.05, 0) is 68.4 Å². The molecule has 3 rings (SSSR count). The Labute approximate surface area is 191 Å². The highest BCUT2D eigenvalue weighted by atomic mass is 79.9. The first kappa shape index (κ1) is 22.8. The zero-order valence-corrected chi connectivity index (χ0v) is 19.6. The van der Waals surface area contributed by atoms with Crippen molar-refractivity contribution in [3.63, 3.8) is 0 Å². The number of hydrogen-bond acceptors (Lipinski definition) is 4. The molecule has 0 bridgehead atoms. The number of rotatable bonds is 8. The summed E-state index contributed by atoms with van der Waals surface area (Å²) in [5, 5.41) is 2.75. The highest BCUT2D eigenvalue weighted by molar-refractivity contribution is 9.10. The minimum atomic E-state index is -3.67. The summed E-state index contributed by atoms with van der Waals surface area (Å²) >= 11 is 3.35. The van der Waals surface area contributed by atoms with Crippen LogP contribution in [0, 0.1) is 6.92 Å². The number of amides is 1. The smallest absolute Gasteiger partial charge is 0.264 e. The van der Waals surface area contributed by atoms with Crippen LogP contribution in [0.25, 0.3) is 0 Å². The molecule has 0 aliphatic carbocycles. The Balaban J connectivity index is 1.65. The lowest BCUT2D eigenvalue weighted by molar-refractivity contribution is -0.118. The molecule has 0 aromatic heterocycles. The molecule has 6 nitrogen and oxygen atoms in total. The monoisotopic (exact) mass is 502 g/mol. The molecule has 0 saturated carbocycles. The number of aryl methyl sites for hydroxylation is 1. The number of nitrogens with zero attached hydrogens (tertiary/aromatic N) is 1. The fraction of sp³-hybridized carbons (Fsp3) is 0.174. The maximum Gasteiger partial charge on any atom is 0.264 e. The van der Waals surface area contributed by atoms with Crippen LogP contribution in [-0.4, -0.2) is 27.5 Å². The van der Waals surface area contributed by atoms with E-state index in [0.29, 0.717) is 17.1 Å². The van der Waals surface area contributed by atoms with Gasteiger partial charge in [0.15, 0.2) is 6.61 Å². The zero-order chi connectivity index (χ0) is 22.4. The number of nitrogens with one attached hydrogen (secondary N) is 1. The number of anilines is 2. The van der Waals surface area contributed by atoms with Gasteiger partial charge in [-0.1, -0.05) is 39.7 Å². The molecule has 1 amide bonds. The molecule has 3 aromatic rings. The summed E-state index contributed by atoms with van der Waals surface area (Å²) in [6, 6.07) is 20.6. The molecular formula is C23H23BrN2O4S. The van der Waals surface area contributed by atoms with E-state index in [1.807, 2.05) is 19.1 Å². The van der Waals surface area contributed by atoms with Gasteiger partial charge in [0.05, 0.1) is 10.6 Å². The van der Waals surface area contributed by atoms with E-state index >= 15 is 0 Å². The molecule has 0 heterocycles. The van der Waals surface area contributed by atoms with Gasteiger partial charge in [-0.25, -0.2) is 8.42 Å². The number of ether oxygens (including phenoxy) is 1. The first-order valence-electron chi connectivity index (χ1n) is 9.67. The van der Waals surface area contributed by atoms with Crippen molar-refractivity contribution in [1.29, 1.82) is 0 Å². The molecule has 3 aromatic carbocycles. The Morgan fingerprint density at radius 3 is 2.32 bits per heavy atom. The number of halogens is 1. The van der Waals surface area contributed by atoms with Gasteiger partial charge in [-0.3, -0.25) is 9.10 Å². The Bertz CT molecular complexity index is 1150. The van der Waals surface area contributed by atoms with Crippen molar-refractivity contribution >= 4 is 43.2 Å². The molecule has 0 spiro atoms. The van der Waals surface area contributed by atoms with Gasteiger partial charge in [0.2, 0.25) is 0 Å². The predicted octanol–water partition coefficient (Wildman–Crippen LogP) is 4.99. The average molecular weight is 503 g/mol. The van der Waals surface area contributed by atoms with Crippen molar-refractivity contribution in [1.82, 2.24) is 0 Å². The summed E-state index contributed by atoms with van der Waals surface area (Å²) in [5.74, 6) is 0.177. The van der Waals surface area contributed by atoms with E-state index in [1.54, 1.807) is 67.6 Å². The van der Waals surface area contributed by atoms with Gasteiger partial charge in [-0.15, -0.1) is 0 Å². The number of hydrogen-bond donors (Lipinski definition) is 1. The van der Waals surface area contributed by atoms with Gasteiger partial charge in [0.1, 0.15) is 5.75 Å². The van der Waals surface area contributed by atoms with E-state index in [1.165, 1.54) is 4.31 Å². The van der Waals surface area contributed by atoms with Crippen LogP contribution in [0.2, 0.25) is 0 Å². The summed E-state index contributed by atoms with van der Waals surface area (Å²) < 4.78 is 33.8. The lowest BCUT2D eigenvalue weighted by Crippen LogP contribution is -2.30. The predicted molar refractivity (Wildman–Crippen MR) is 126 cm³/mol. The summed E-state index contributed by atoms with van der Waals surface area (Å²) in [7, 11) is -3.67. The van der Waals surface area contributed by atoms with Crippen molar-refractivity contribution in [2.24, 2.45) is 0 Å². The third kappa shape index (κ3) is 5.86. The third-order valence-electron chi connectivity index (χ3n) is 4.50. The van der Waals surface area contributed by atoms with Crippen molar-refractivity contribution in [2.75, 3.05) is 22.8 Å². The Hall–Kier alpha value is -2.84. The molecule has 162 valence electrons. The molecular weight excluding hydrogens is 480 g/mol. The Kier molecular flexibility index (Phi) is 7.35. The average Bonchev–Trinajstić information content (AvgIpc) is 2.74. The minimum absolute atomic E-state index is 0.162. The molecule has 1 N–H and O–H groups in total. The second-order valence-corrected chi connectivity index (χ2v) is 9.60. The third-order valence-corrected chi connectivity index (χ3v) is 6.91. The van der Waals surface area contributed by atoms with Crippen LogP contribution in [0.3, 0.4) is 0 Å². The van der Waals surface area contributed by atoms with Crippen molar-refractivity contribution < 1.29 is 17.9 Å². The second kappa shape index (κ2) is 9.98. The van der Waals surface area contributed by atoms with Crippen LogP contribution in [0.5, 0.6) is 5.75 Å². The number of sulfonamides is 1. The Morgan fingerprint density at radius 2 is 1.71 bits per heavy atom. The quantitative estimate of drug-likeness (QED) is 0.470. The summed E-state index contributed by atoms with van der Waals surface area (Å²) in [4.78, 5) is 12.3. The fourth-order valence-electron chi connectivity index (χ4n) is 2.95. The first-order chi connectivity index (χ1) is 14.8. The molecule has 0 saturated heterocycles. The molecule has 0 aliphatic heterocycles. The second-order valence-electron chi connectivity index (χ2n) is 6.82. The SMILES string of the molecule is CCN(c1ccc(OCC(=O)Nc2cccc(Br)c2)cc1)S(=O)(=O)c1ccc(C)cc1. The maximum atomic E-state index is 13.0. The molecule has 0 unspecified atom stereocenters. The lowest BCUT2D eigenvalue weighted by atomic mass is 10.2. The topological polar surface area (TPSA) is 75.7 Å². The largest absolute Gasteiger partial charge is 0.484 e. The fourth-order valence-corrected chi connectivity index (χ4v) is 4.82. The summed E-state index contributed by atoms with van der Waals surface area (Å²) in [5.41, 5.74) is 2.18. The highest BCUT2D eigenvalue weighted by Crippen LogP contribution is 2.26. The Morgan fingerprint density at radius 1 is 1.03 bits per heavy atom. The van der Waals surface area contributed by atoms with E-state index < -0.39 is 10.0 Å². The van der Waals surface area contributed by atoms with Gasteiger partial charge in [0.25, 0.3) is 15.9 Å². The lowest BCUT2D eigenvalue weighted by Gasteiger charge is -2.23. The first-order valence-corrected chi connectivity index (χ1v) is 11.9. The van der Waals surface area contributed by atoms with E-state index in [0.717, 1.165) is 10.0 Å². The summed E-state index contributed by atoms with van der Waals surface area (Å²) in [6.07, 6.45) is 0. The maximum absolute atomic E-state index is 13.0. The molecule has 0 atom stereocenters. The van der Waals surface area contributed by atoms with Gasteiger partial charge >= 0.3 is 0 Å².